The molecule has 0 saturated carbocycles. The fourth-order valence-electron chi connectivity index (χ4n) is 3.77. The smallest absolute Gasteiger partial charge is 0.194 e. The van der Waals surface area contributed by atoms with Crippen LogP contribution in [0, 0.1) is 0 Å². The second kappa shape index (κ2) is 8.77. The Kier molecular flexibility index (Phi) is 6.43. The van der Waals surface area contributed by atoms with Gasteiger partial charge in [0.05, 0.1) is 13.7 Å². The minimum absolute atomic E-state index is 0.591. The van der Waals surface area contributed by atoms with E-state index in [1.165, 1.54) is 32.4 Å². The molecule has 138 valence electrons. The maximum Gasteiger partial charge on any atom is 0.194 e. The molecule has 1 aromatic rings. The number of methoxy groups -OCH3 is 1. The molecule has 25 heavy (non-hydrogen) atoms. The molecule has 0 radical (unpaired) electrons. The molecule has 0 aromatic heterocycles. The van der Waals surface area contributed by atoms with E-state index in [-0.39, 0.29) is 0 Å². The monoisotopic (exact) mass is 364 g/mol. The largest absolute Gasteiger partial charge is 0.496 e. The van der Waals surface area contributed by atoms with E-state index in [9.17, 15) is 0 Å². The highest BCUT2D eigenvalue weighted by molar-refractivity contribution is 6.30. The van der Waals surface area contributed by atoms with E-state index < -0.39 is 0 Å². The minimum atomic E-state index is 0.591. The molecule has 1 aromatic carbocycles. The summed E-state index contributed by atoms with van der Waals surface area (Å²) in [5.41, 5.74) is 1.05. The van der Waals surface area contributed by atoms with Crippen LogP contribution in [0.2, 0.25) is 5.02 Å². The molecule has 3 rings (SSSR count). The van der Waals surface area contributed by atoms with Crippen LogP contribution in [0.3, 0.4) is 0 Å². The first-order valence-corrected chi connectivity index (χ1v) is 9.68. The molecule has 0 bridgehead atoms. The molecule has 2 aliphatic heterocycles. The Balaban J connectivity index is 1.67. The van der Waals surface area contributed by atoms with Crippen LogP contribution < -0.4 is 10.1 Å². The Morgan fingerprint density at radius 3 is 2.84 bits per heavy atom. The molecule has 2 fully saturated rings. The molecule has 5 nitrogen and oxygen atoms in total. The van der Waals surface area contributed by atoms with Crippen molar-refractivity contribution in [1.29, 1.82) is 0 Å². The van der Waals surface area contributed by atoms with E-state index in [1.54, 1.807) is 7.11 Å². The van der Waals surface area contributed by atoms with Crippen LogP contribution >= 0.6 is 11.6 Å². The highest BCUT2D eigenvalue weighted by Gasteiger charge is 2.30. The van der Waals surface area contributed by atoms with Gasteiger partial charge in [-0.05, 0) is 51.4 Å². The number of rotatable bonds is 5. The lowest BCUT2D eigenvalue weighted by molar-refractivity contribution is 0.249. The lowest BCUT2D eigenvalue weighted by Crippen LogP contribution is -2.42. The fraction of sp³-hybridized carbons (Fsp3) is 0.632. The van der Waals surface area contributed by atoms with Gasteiger partial charge in [-0.3, -0.25) is 4.90 Å². The van der Waals surface area contributed by atoms with Gasteiger partial charge in [0.1, 0.15) is 5.75 Å². The van der Waals surface area contributed by atoms with E-state index in [0.717, 1.165) is 36.9 Å². The maximum atomic E-state index is 6.05. The second-order valence-electron chi connectivity index (χ2n) is 6.76. The third kappa shape index (κ3) is 4.59. The topological polar surface area (TPSA) is 40.1 Å². The van der Waals surface area contributed by atoms with Crippen LogP contribution in [0.25, 0.3) is 0 Å². The first-order chi connectivity index (χ1) is 12.2. The van der Waals surface area contributed by atoms with Crippen molar-refractivity contribution in [1.82, 2.24) is 15.1 Å². The van der Waals surface area contributed by atoms with Crippen LogP contribution in [-0.2, 0) is 6.54 Å². The zero-order valence-electron chi connectivity index (χ0n) is 15.3. The van der Waals surface area contributed by atoms with Crippen molar-refractivity contribution < 1.29 is 4.74 Å². The molecule has 0 amide bonds. The van der Waals surface area contributed by atoms with Crippen LogP contribution in [0.5, 0.6) is 5.75 Å². The van der Waals surface area contributed by atoms with Crippen molar-refractivity contribution in [3.63, 3.8) is 0 Å². The highest BCUT2D eigenvalue weighted by Crippen LogP contribution is 2.24. The molecule has 0 spiro atoms. The van der Waals surface area contributed by atoms with Gasteiger partial charge in [0.15, 0.2) is 5.96 Å². The molecule has 2 heterocycles. The molecule has 0 aliphatic carbocycles. The number of benzene rings is 1. The number of guanidine groups is 1. The molecule has 1 N–H and O–H groups in total. The van der Waals surface area contributed by atoms with E-state index in [4.69, 9.17) is 21.3 Å². The zero-order valence-corrected chi connectivity index (χ0v) is 16.1. The summed E-state index contributed by atoms with van der Waals surface area (Å²) in [7, 11) is 1.67. The number of halogens is 1. The lowest BCUT2D eigenvalue weighted by Gasteiger charge is -2.25. The van der Waals surface area contributed by atoms with Crippen molar-refractivity contribution in [3.8, 4) is 5.75 Å². The molecule has 1 atom stereocenters. The number of likely N-dealkylation sites (tertiary alicyclic amines) is 2. The summed E-state index contributed by atoms with van der Waals surface area (Å²) in [6.07, 6.45) is 3.93. The summed E-state index contributed by atoms with van der Waals surface area (Å²) < 4.78 is 5.43. The number of aliphatic imine (C=N–C) groups is 1. The number of nitrogens with one attached hydrogen (secondary N) is 1. The summed E-state index contributed by atoms with van der Waals surface area (Å²) in [5.74, 6) is 1.80. The zero-order chi connectivity index (χ0) is 17.6. The van der Waals surface area contributed by atoms with E-state index in [1.807, 2.05) is 18.2 Å². The average Bonchev–Trinajstić information content (AvgIpc) is 3.30. The van der Waals surface area contributed by atoms with Gasteiger partial charge in [-0.25, -0.2) is 4.99 Å². The van der Waals surface area contributed by atoms with Crippen LogP contribution in [-0.4, -0.2) is 61.6 Å². The molecule has 1 unspecified atom stereocenters. The number of hydrogen-bond acceptors (Lipinski definition) is 3. The summed E-state index contributed by atoms with van der Waals surface area (Å²) in [5, 5.41) is 4.13. The minimum Gasteiger partial charge on any atom is -0.496 e. The van der Waals surface area contributed by atoms with E-state index in [0.29, 0.717) is 17.6 Å². The number of nitrogens with zero attached hydrogens (tertiary/aromatic N) is 3. The number of hydrogen-bond donors (Lipinski definition) is 1. The molecule has 2 saturated heterocycles. The molecule has 2 aliphatic rings. The Labute approximate surface area is 156 Å². The van der Waals surface area contributed by atoms with E-state index in [2.05, 4.69) is 22.0 Å². The van der Waals surface area contributed by atoms with Crippen LogP contribution in [0.1, 0.15) is 31.7 Å². The Bertz CT molecular complexity index is 601. The van der Waals surface area contributed by atoms with Crippen LogP contribution in [0.15, 0.2) is 23.2 Å². The van der Waals surface area contributed by atoms with Gasteiger partial charge in [-0.15, -0.1) is 0 Å². The second-order valence-corrected chi connectivity index (χ2v) is 7.19. The third-order valence-corrected chi connectivity index (χ3v) is 5.34. The standard InChI is InChI=1S/C19H29ClN4O/c1-3-21-19(22-13-15-6-7-16(20)12-18(15)25-2)24-11-8-17(14-24)23-9-4-5-10-23/h6-7,12,17H,3-5,8-11,13-14H2,1-2H3,(H,21,22). The number of ether oxygens (including phenoxy) is 1. The van der Waals surface area contributed by atoms with Crippen molar-refractivity contribution in [2.45, 2.75) is 38.8 Å². The van der Waals surface area contributed by atoms with Crippen molar-refractivity contribution in [3.05, 3.63) is 28.8 Å². The first kappa shape index (κ1) is 18.3. The molecular formula is C19H29ClN4O. The van der Waals surface area contributed by atoms with Gasteiger partial charge < -0.3 is 15.0 Å². The first-order valence-electron chi connectivity index (χ1n) is 9.31. The predicted octanol–water partition coefficient (Wildman–Crippen LogP) is 2.98. The SMILES string of the molecule is CCNC(=NCc1ccc(Cl)cc1OC)N1CCC(N2CCCC2)C1. The van der Waals surface area contributed by atoms with Gasteiger partial charge in [0, 0.05) is 36.3 Å². The average molecular weight is 365 g/mol. The van der Waals surface area contributed by atoms with Crippen molar-refractivity contribution >= 4 is 17.6 Å². The van der Waals surface area contributed by atoms with E-state index >= 15 is 0 Å². The Morgan fingerprint density at radius 1 is 1.32 bits per heavy atom. The Hall–Kier alpha value is -1.46. The van der Waals surface area contributed by atoms with Gasteiger partial charge in [0.2, 0.25) is 0 Å². The molecule has 6 heteroatoms. The van der Waals surface area contributed by atoms with Crippen molar-refractivity contribution in [2.75, 3.05) is 39.8 Å². The van der Waals surface area contributed by atoms with Gasteiger partial charge in [-0.2, -0.15) is 0 Å². The highest BCUT2D eigenvalue weighted by atomic mass is 35.5. The van der Waals surface area contributed by atoms with Gasteiger partial charge >= 0.3 is 0 Å². The van der Waals surface area contributed by atoms with Crippen molar-refractivity contribution in [2.24, 2.45) is 4.99 Å². The third-order valence-electron chi connectivity index (χ3n) is 5.10. The van der Waals surface area contributed by atoms with Gasteiger partial charge in [0.25, 0.3) is 0 Å². The Morgan fingerprint density at radius 2 is 2.12 bits per heavy atom. The molecular weight excluding hydrogens is 336 g/mol. The summed E-state index contributed by atoms with van der Waals surface area (Å²) in [6, 6.07) is 6.40. The summed E-state index contributed by atoms with van der Waals surface area (Å²) in [4.78, 5) is 9.90. The maximum absolute atomic E-state index is 6.05. The van der Waals surface area contributed by atoms with Gasteiger partial charge in [-0.1, -0.05) is 17.7 Å². The normalized spacial score (nSPS) is 21.8. The summed E-state index contributed by atoms with van der Waals surface area (Å²) in [6.45, 7) is 8.25. The summed E-state index contributed by atoms with van der Waals surface area (Å²) >= 11 is 6.05. The fourth-order valence-corrected chi connectivity index (χ4v) is 3.94. The predicted molar refractivity (Wildman–Crippen MR) is 104 cm³/mol. The quantitative estimate of drug-likeness (QED) is 0.644. The lowest BCUT2D eigenvalue weighted by atomic mass is 10.2. The van der Waals surface area contributed by atoms with Crippen LogP contribution in [0.4, 0.5) is 0 Å².